The number of aromatic amines is 3. The van der Waals surface area contributed by atoms with Crippen molar-refractivity contribution in [2.75, 3.05) is 27.4 Å². The highest BCUT2D eigenvalue weighted by molar-refractivity contribution is 9.08. The molecule has 7 rings (SSSR count). The fourth-order valence-corrected chi connectivity index (χ4v) is 6.78. The first-order chi connectivity index (χ1) is 24.4. The lowest BCUT2D eigenvalue weighted by atomic mass is 10.00. The van der Waals surface area contributed by atoms with Gasteiger partial charge in [0.05, 0.1) is 49.9 Å². The van der Waals surface area contributed by atoms with Crippen LogP contribution in [0.15, 0.2) is 61.2 Å². The van der Waals surface area contributed by atoms with Crippen molar-refractivity contribution in [1.29, 1.82) is 0 Å². The van der Waals surface area contributed by atoms with Crippen LogP contribution in [0, 0.1) is 0 Å². The molecular formula is C37H37BrN6O6. The van der Waals surface area contributed by atoms with Gasteiger partial charge in [-0.15, -0.1) is 0 Å². The molecule has 0 unspecified atom stereocenters. The van der Waals surface area contributed by atoms with E-state index in [9.17, 15) is 9.59 Å². The van der Waals surface area contributed by atoms with E-state index in [4.69, 9.17) is 18.9 Å². The SMILES string of the molecule is CCOC(=O)c1ncc2[nH]c3cccc(CBr)c3c2c1COC.CCOC(=O)c1ncc2[nH]c3cccc(Cc4ncc[nH]4)c3c2c1COC. The number of fused-ring (bicyclic) bond motifs is 6. The second kappa shape index (κ2) is 15.6. The number of rotatable bonds is 11. The van der Waals surface area contributed by atoms with E-state index in [1.807, 2.05) is 30.5 Å². The van der Waals surface area contributed by atoms with Crippen molar-refractivity contribution >= 4 is 71.5 Å². The third-order valence-corrected chi connectivity index (χ3v) is 8.88. The van der Waals surface area contributed by atoms with Crippen molar-refractivity contribution < 1.29 is 28.5 Å². The first-order valence-electron chi connectivity index (χ1n) is 16.1. The molecule has 0 aliphatic carbocycles. The van der Waals surface area contributed by atoms with E-state index < -0.39 is 11.9 Å². The number of H-pyrrole nitrogens is 3. The Kier molecular flexibility index (Phi) is 10.9. The van der Waals surface area contributed by atoms with Gasteiger partial charge >= 0.3 is 11.9 Å². The molecule has 0 amide bonds. The number of benzene rings is 2. The maximum Gasteiger partial charge on any atom is 0.357 e. The normalized spacial score (nSPS) is 11.3. The van der Waals surface area contributed by atoms with Crippen molar-refractivity contribution in [3.63, 3.8) is 0 Å². The molecule has 50 heavy (non-hydrogen) atoms. The molecule has 0 fully saturated rings. The molecule has 0 aliphatic rings. The first kappa shape index (κ1) is 34.7. The van der Waals surface area contributed by atoms with Crippen LogP contribution in [0.5, 0.6) is 0 Å². The smallest absolute Gasteiger partial charge is 0.357 e. The lowest BCUT2D eigenvalue weighted by Crippen LogP contribution is -2.11. The molecule has 13 heteroatoms. The highest BCUT2D eigenvalue weighted by Crippen LogP contribution is 2.35. The highest BCUT2D eigenvalue weighted by Gasteiger charge is 2.23. The van der Waals surface area contributed by atoms with Crippen LogP contribution in [0.2, 0.25) is 0 Å². The minimum absolute atomic E-state index is 0.264. The van der Waals surface area contributed by atoms with Crippen molar-refractivity contribution in [2.45, 2.75) is 38.8 Å². The zero-order chi connectivity index (χ0) is 35.2. The number of imidazole rings is 1. The van der Waals surface area contributed by atoms with E-state index in [0.717, 1.165) is 77.0 Å². The van der Waals surface area contributed by atoms with E-state index in [1.165, 1.54) is 0 Å². The molecule has 7 aromatic rings. The number of halogens is 1. The third kappa shape index (κ3) is 6.71. The molecule has 12 nitrogen and oxygen atoms in total. The van der Waals surface area contributed by atoms with Crippen LogP contribution in [-0.4, -0.2) is 69.3 Å². The first-order valence-corrected chi connectivity index (χ1v) is 17.2. The monoisotopic (exact) mass is 740 g/mol. The van der Waals surface area contributed by atoms with Gasteiger partial charge in [0.1, 0.15) is 5.82 Å². The van der Waals surface area contributed by atoms with Crippen molar-refractivity contribution in [2.24, 2.45) is 0 Å². The lowest BCUT2D eigenvalue weighted by Gasteiger charge is -2.10. The number of nitrogens with zero attached hydrogens (tertiary/aromatic N) is 3. The topological polar surface area (TPSA) is 157 Å². The van der Waals surface area contributed by atoms with E-state index in [2.05, 4.69) is 58.0 Å². The fraction of sp³-hybridized carbons (Fsp3) is 0.270. The number of hydrogen-bond donors (Lipinski definition) is 3. The zero-order valence-electron chi connectivity index (χ0n) is 28.2. The van der Waals surface area contributed by atoms with E-state index in [1.54, 1.807) is 46.7 Å². The molecule has 0 spiro atoms. The summed E-state index contributed by atoms with van der Waals surface area (Å²) in [6.45, 7) is 4.72. The summed E-state index contributed by atoms with van der Waals surface area (Å²) in [4.78, 5) is 47.5. The summed E-state index contributed by atoms with van der Waals surface area (Å²) in [6, 6.07) is 12.2. The van der Waals surface area contributed by atoms with Crippen molar-refractivity contribution in [3.05, 3.63) is 101 Å². The maximum atomic E-state index is 12.4. The van der Waals surface area contributed by atoms with Gasteiger partial charge < -0.3 is 33.9 Å². The highest BCUT2D eigenvalue weighted by atomic mass is 79.9. The van der Waals surface area contributed by atoms with Gasteiger partial charge in [0.25, 0.3) is 0 Å². The van der Waals surface area contributed by atoms with E-state index >= 15 is 0 Å². The summed E-state index contributed by atoms with van der Waals surface area (Å²) < 4.78 is 21.0. The average molecular weight is 742 g/mol. The van der Waals surface area contributed by atoms with Gasteiger partial charge in [-0.2, -0.15) is 0 Å². The Morgan fingerprint density at radius 1 is 0.700 bits per heavy atom. The quantitative estimate of drug-likeness (QED) is 0.0915. The van der Waals surface area contributed by atoms with E-state index in [-0.39, 0.29) is 6.61 Å². The van der Waals surface area contributed by atoms with Crippen molar-refractivity contribution in [1.82, 2.24) is 29.9 Å². The number of nitrogens with one attached hydrogen (secondary N) is 3. The number of methoxy groups -OCH3 is 2. The number of pyridine rings is 2. The van der Waals surface area contributed by atoms with Crippen molar-refractivity contribution in [3.8, 4) is 0 Å². The molecule has 0 radical (unpaired) electrons. The standard InChI is InChI=1S/C20H20N4O3.C17H17BrN2O3/c1-3-27-20(25)19-13(11-26-2)18-15(10-23-19)24-14-6-4-5-12(17(14)18)9-16-21-7-8-22-16;1-3-23-17(21)16-11(9-22-2)15-13(8-19-16)20-12-6-4-5-10(7-18)14(12)15/h4-8,10,24H,3,9,11H2,1-2H3,(H,21,22);4-6,8,20H,3,7,9H2,1-2H3. The van der Waals surface area contributed by atoms with Gasteiger partial charge in [0.15, 0.2) is 11.4 Å². The molecule has 0 bridgehead atoms. The Balaban J connectivity index is 0.000000175. The molecule has 0 aliphatic heterocycles. The van der Waals surface area contributed by atoms with Crippen LogP contribution in [0.1, 0.15) is 62.9 Å². The number of alkyl halides is 1. The van der Waals surface area contributed by atoms with Gasteiger partial charge in [-0.05, 0) is 37.1 Å². The molecular weight excluding hydrogens is 704 g/mol. The average Bonchev–Trinajstić information content (AvgIpc) is 3.87. The number of aromatic nitrogens is 6. The van der Waals surface area contributed by atoms with Gasteiger partial charge in [-0.1, -0.05) is 40.2 Å². The van der Waals surface area contributed by atoms with E-state index in [0.29, 0.717) is 37.6 Å². The molecule has 5 heterocycles. The Hall–Kier alpha value is -5.11. The number of esters is 2. The van der Waals surface area contributed by atoms with Gasteiger partial charge in [0.2, 0.25) is 0 Å². The lowest BCUT2D eigenvalue weighted by molar-refractivity contribution is 0.0505. The largest absolute Gasteiger partial charge is 0.461 e. The summed E-state index contributed by atoms with van der Waals surface area (Å²) in [5, 5.41) is 4.76. The van der Waals surface area contributed by atoms with Crippen LogP contribution in [0.25, 0.3) is 43.6 Å². The van der Waals surface area contributed by atoms with Crippen LogP contribution in [0.3, 0.4) is 0 Å². The molecule has 0 saturated carbocycles. The van der Waals surface area contributed by atoms with Gasteiger partial charge in [-0.3, -0.25) is 0 Å². The van der Waals surface area contributed by atoms with Gasteiger partial charge in [0, 0.05) is 82.1 Å². The minimum Gasteiger partial charge on any atom is -0.461 e. The van der Waals surface area contributed by atoms with Crippen LogP contribution in [0.4, 0.5) is 0 Å². The second-order valence-corrected chi connectivity index (χ2v) is 11.9. The zero-order valence-corrected chi connectivity index (χ0v) is 29.8. The molecule has 2 aromatic carbocycles. The number of carbonyl (C=O) groups is 2. The van der Waals surface area contributed by atoms with Crippen LogP contribution >= 0.6 is 15.9 Å². The van der Waals surface area contributed by atoms with Crippen LogP contribution in [-0.2, 0) is 43.9 Å². The predicted molar refractivity (Wildman–Crippen MR) is 195 cm³/mol. The number of carbonyl (C=O) groups excluding carboxylic acids is 2. The summed E-state index contributed by atoms with van der Waals surface area (Å²) in [5.41, 5.74) is 8.07. The van der Waals surface area contributed by atoms with Gasteiger partial charge in [-0.25, -0.2) is 24.5 Å². The summed E-state index contributed by atoms with van der Waals surface area (Å²) in [6.07, 6.45) is 7.56. The summed E-state index contributed by atoms with van der Waals surface area (Å²) in [7, 11) is 3.21. The Morgan fingerprint density at radius 3 is 1.68 bits per heavy atom. The second-order valence-electron chi connectivity index (χ2n) is 11.3. The maximum absolute atomic E-state index is 12.4. The number of ether oxygens (including phenoxy) is 4. The fourth-order valence-electron chi connectivity index (χ4n) is 6.31. The summed E-state index contributed by atoms with van der Waals surface area (Å²) >= 11 is 3.53. The molecule has 3 N–H and O–H groups in total. The Morgan fingerprint density at radius 2 is 1.22 bits per heavy atom. The molecule has 5 aromatic heterocycles. The predicted octanol–water partition coefficient (Wildman–Crippen LogP) is 7.29. The number of hydrogen-bond acceptors (Lipinski definition) is 9. The Bertz CT molecular complexity index is 2300. The Labute approximate surface area is 296 Å². The molecule has 258 valence electrons. The third-order valence-electron chi connectivity index (χ3n) is 8.27. The summed E-state index contributed by atoms with van der Waals surface area (Å²) in [5.74, 6) is 0.0150. The van der Waals surface area contributed by atoms with Crippen LogP contribution < -0.4 is 0 Å². The molecule has 0 atom stereocenters. The minimum atomic E-state index is -0.440. The molecule has 0 saturated heterocycles.